The van der Waals surface area contributed by atoms with Crippen LogP contribution in [0.4, 0.5) is 0 Å². The van der Waals surface area contributed by atoms with Crippen LogP contribution in [-0.2, 0) is 0 Å². The van der Waals surface area contributed by atoms with Crippen molar-refractivity contribution in [3.8, 4) is 11.9 Å². The lowest BCUT2D eigenvalue weighted by atomic mass is 10.5. The van der Waals surface area contributed by atoms with Crippen LogP contribution in [0.25, 0.3) is 11.0 Å². The molecule has 1 N–H and O–H groups in total. The van der Waals surface area contributed by atoms with Gasteiger partial charge in [0.05, 0.1) is 20.4 Å². The molecule has 0 aliphatic heterocycles. The van der Waals surface area contributed by atoms with Crippen LogP contribution in [0.1, 0.15) is 0 Å². The van der Waals surface area contributed by atoms with Crippen LogP contribution < -0.4 is 9.47 Å². The van der Waals surface area contributed by atoms with Gasteiger partial charge in [0.2, 0.25) is 0 Å². The molecule has 0 spiro atoms. The van der Waals surface area contributed by atoms with Crippen LogP contribution in [0.3, 0.4) is 0 Å². The maximum atomic E-state index is 4.98. The molecule has 2 aromatic heterocycles. The predicted octanol–water partition coefficient (Wildman–Crippen LogP) is 0.370. The summed E-state index contributed by atoms with van der Waals surface area (Å²) in [7, 11) is 3.04. The van der Waals surface area contributed by atoms with Crippen molar-refractivity contribution in [2.45, 2.75) is 0 Å². The standard InChI is InChI=1S/C7H8N4O2/c1-12-6-5-4(10-11-6)3-8-7(9-5)13-2/h3H,1-2H3,(H,10,11). The summed E-state index contributed by atoms with van der Waals surface area (Å²) >= 11 is 0. The van der Waals surface area contributed by atoms with Crippen LogP contribution in [0.15, 0.2) is 6.20 Å². The number of rotatable bonds is 2. The summed E-state index contributed by atoms with van der Waals surface area (Å²) in [5.41, 5.74) is 1.34. The highest BCUT2D eigenvalue weighted by Gasteiger charge is 2.08. The minimum atomic E-state index is 0.298. The van der Waals surface area contributed by atoms with Crippen LogP contribution in [-0.4, -0.2) is 34.4 Å². The van der Waals surface area contributed by atoms with Crippen molar-refractivity contribution in [2.75, 3.05) is 14.2 Å². The highest BCUT2D eigenvalue weighted by Crippen LogP contribution is 2.20. The summed E-state index contributed by atoms with van der Waals surface area (Å²) in [6, 6.07) is 0.298. The smallest absolute Gasteiger partial charge is 0.316 e. The first-order chi connectivity index (χ1) is 6.35. The van der Waals surface area contributed by atoms with Gasteiger partial charge in [0.15, 0.2) is 5.52 Å². The number of aromatic amines is 1. The zero-order chi connectivity index (χ0) is 9.26. The lowest BCUT2D eigenvalue weighted by Crippen LogP contribution is -1.91. The van der Waals surface area contributed by atoms with Gasteiger partial charge in [0.25, 0.3) is 5.88 Å². The third-order valence-electron chi connectivity index (χ3n) is 1.62. The van der Waals surface area contributed by atoms with Gasteiger partial charge in [-0.15, -0.1) is 5.10 Å². The summed E-state index contributed by atoms with van der Waals surface area (Å²) in [5, 5.41) is 6.62. The summed E-state index contributed by atoms with van der Waals surface area (Å²) in [5.74, 6) is 0.440. The van der Waals surface area contributed by atoms with Gasteiger partial charge in [-0.25, -0.2) is 4.98 Å². The minimum absolute atomic E-state index is 0.298. The molecule has 2 aromatic rings. The molecule has 0 aromatic carbocycles. The van der Waals surface area contributed by atoms with E-state index in [1.165, 1.54) is 14.2 Å². The van der Waals surface area contributed by atoms with Crippen LogP contribution in [0, 0.1) is 0 Å². The van der Waals surface area contributed by atoms with Crippen LogP contribution >= 0.6 is 0 Å². The Labute approximate surface area is 73.9 Å². The topological polar surface area (TPSA) is 72.9 Å². The van der Waals surface area contributed by atoms with Crippen molar-refractivity contribution in [1.29, 1.82) is 0 Å². The van der Waals surface area contributed by atoms with Gasteiger partial charge in [0.1, 0.15) is 5.52 Å². The van der Waals surface area contributed by atoms with E-state index in [1.807, 2.05) is 0 Å². The zero-order valence-corrected chi connectivity index (χ0v) is 7.24. The van der Waals surface area contributed by atoms with E-state index in [4.69, 9.17) is 9.47 Å². The maximum Gasteiger partial charge on any atom is 0.316 e. The molecule has 6 heteroatoms. The molecular weight excluding hydrogens is 172 g/mol. The molecule has 0 aliphatic carbocycles. The maximum absolute atomic E-state index is 4.98. The van der Waals surface area contributed by atoms with E-state index in [-0.39, 0.29) is 0 Å². The Morgan fingerprint density at radius 1 is 1.31 bits per heavy atom. The van der Waals surface area contributed by atoms with Crippen molar-refractivity contribution < 1.29 is 9.47 Å². The molecule has 0 saturated carbocycles. The number of ether oxygens (including phenoxy) is 2. The van der Waals surface area contributed by atoms with Crippen molar-refractivity contribution in [3.63, 3.8) is 0 Å². The van der Waals surface area contributed by atoms with E-state index in [0.29, 0.717) is 17.4 Å². The first kappa shape index (κ1) is 7.78. The number of hydrogen-bond donors (Lipinski definition) is 1. The molecule has 0 radical (unpaired) electrons. The van der Waals surface area contributed by atoms with E-state index in [1.54, 1.807) is 6.20 Å². The van der Waals surface area contributed by atoms with Gasteiger partial charge in [-0.05, 0) is 0 Å². The Morgan fingerprint density at radius 3 is 2.85 bits per heavy atom. The zero-order valence-electron chi connectivity index (χ0n) is 7.24. The number of nitrogens with one attached hydrogen (secondary N) is 1. The molecule has 6 nitrogen and oxygen atoms in total. The Balaban J connectivity index is 2.64. The number of aromatic nitrogens is 4. The van der Waals surface area contributed by atoms with E-state index >= 15 is 0 Å². The Bertz CT molecular complexity index is 425. The van der Waals surface area contributed by atoms with Gasteiger partial charge in [-0.3, -0.25) is 5.10 Å². The van der Waals surface area contributed by atoms with Crippen LogP contribution in [0.5, 0.6) is 11.9 Å². The molecule has 68 valence electrons. The second-order valence-electron chi connectivity index (χ2n) is 2.35. The fourth-order valence-corrected chi connectivity index (χ4v) is 1.02. The SMILES string of the molecule is COc1ncc2[nH]nc(OC)c2n1. The molecule has 0 amide bonds. The van der Waals surface area contributed by atoms with E-state index in [9.17, 15) is 0 Å². The number of methoxy groups -OCH3 is 2. The lowest BCUT2D eigenvalue weighted by Gasteiger charge is -1.96. The van der Waals surface area contributed by atoms with Gasteiger partial charge < -0.3 is 9.47 Å². The molecule has 0 unspecified atom stereocenters. The van der Waals surface area contributed by atoms with Crippen molar-refractivity contribution in [3.05, 3.63) is 6.20 Å². The van der Waals surface area contributed by atoms with Gasteiger partial charge in [0, 0.05) is 0 Å². The summed E-state index contributed by atoms with van der Waals surface area (Å²) < 4.78 is 9.85. The molecule has 2 heterocycles. The van der Waals surface area contributed by atoms with Gasteiger partial charge in [-0.1, -0.05) is 0 Å². The molecule has 0 aliphatic rings. The Kier molecular flexibility index (Phi) is 1.73. The van der Waals surface area contributed by atoms with Gasteiger partial charge >= 0.3 is 6.01 Å². The number of fused-ring (bicyclic) bond motifs is 1. The summed E-state index contributed by atoms with van der Waals surface area (Å²) in [4.78, 5) is 7.99. The highest BCUT2D eigenvalue weighted by molar-refractivity contribution is 5.78. The third kappa shape index (κ3) is 1.16. The van der Waals surface area contributed by atoms with Crippen molar-refractivity contribution in [2.24, 2.45) is 0 Å². The largest absolute Gasteiger partial charge is 0.478 e. The first-order valence-electron chi connectivity index (χ1n) is 3.64. The molecule has 0 saturated heterocycles. The van der Waals surface area contributed by atoms with E-state index in [0.717, 1.165) is 5.52 Å². The van der Waals surface area contributed by atoms with E-state index < -0.39 is 0 Å². The lowest BCUT2D eigenvalue weighted by molar-refractivity contribution is 0.379. The van der Waals surface area contributed by atoms with Gasteiger partial charge in [-0.2, -0.15) is 4.98 Å². The number of hydrogen-bond acceptors (Lipinski definition) is 5. The second-order valence-corrected chi connectivity index (χ2v) is 2.35. The molecule has 0 fully saturated rings. The molecular formula is C7H8N4O2. The minimum Gasteiger partial charge on any atom is -0.478 e. The highest BCUT2D eigenvalue weighted by atomic mass is 16.5. The summed E-state index contributed by atoms with van der Waals surface area (Å²) in [6.07, 6.45) is 1.59. The fourth-order valence-electron chi connectivity index (χ4n) is 1.02. The van der Waals surface area contributed by atoms with Crippen LogP contribution in [0.2, 0.25) is 0 Å². The quantitative estimate of drug-likeness (QED) is 0.722. The Morgan fingerprint density at radius 2 is 2.15 bits per heavy atom. The summed E-state index contributed by atoms with van der Waals surface area (Å²) in [6.45, 7) is 0. The van der Waals surface area contributed by atoms with Crippen molar-refractivity contribution in [1.82, 2.24) is 20.2 Å². The Hall–Kier alpha value is -1.85. The van der Waals surface area contributed by atoms with E-state index in [2.05, 4.69) is 20.2 Å². The normalized spacial score (nSPS) is 10.3. The monoisotopic (exact) mass is 180 g/mol. The fraction of sp³-hybridized carbons (Fsp3) is 0.286. The molecule has 0 atom stereocenters. The predicted molar refractivity (Wildman–Crippen MR) is 44.8 cm³/mol. The number of nitrogens with zero attached hydrogens (tertiary/aromatic N) is 3. The molecule has 0 bridgehead atoms. The average Bonchev–Trinajstić information content (AvgIpc) is 2.59. The first-order valence-corrected chi connectivity index (χ1v) is 3.64. The van der Waals surface area contributed by atoms with Crippen molar-refractivity contribution >= 4 is 11.0 Å². The molecule has 2 rings (SSSR count). The number of H-pyrrole nitrogens is 1. The third-order valence-corrected chi connectivity index (χ3v) is 1.62. The molecule has 13 heavy (non-hydrogen) atoms. The average molecular weight is 180 g/mol. The second kappa shape index (κ2) is 2.89.